The third kappa shape index (κ3) is 5.83. The molecular weight excluding hydrogens is 366 g/mol. The lowest BCUT2D eigenvalue weighted by Crippen LogP contribution is -2.26. The highest BCUT2D eigenvalue weighted by Crippen LogP contribution is 2.20. The van der Waals surface area contributed by atoms with Gasteiger partial charge in [0.05, 0.1) is 5.69 Å². The predicted octanol–water partition coefficient (Wildman–Crippen LogP) is 2.90. The number of anilines is 3. The summed E-state index contributed by atoms with van der Waals surface area (Å²) >= 11 is 0. The molecule has 3 aromatic rings. The van der Waals surface area contributed by atoms with Crippen LogP contribution >= 0.6 is 0 Å². The van der Waals surface area contributed by atoms with Gasteiger partial charge in [0.15, 0.2) is 5.96 Å². The molecule has 0 spiro atoms. The molecule has 0 saturated carbocycles. The Morgan fingerprint density at radius 1 is 0.759 bits per heavy atom. The van der Waals surface area contributed by atoms with Crippen LogP contribution in [0.3, 0.4) is 0 Å². The number of aliphatic imine (C=N–C) groups is 2. The quantitative estimate of drug-likeness (QED) is 0.338. The highest BCUT2D eigenvalue weighted by molar-refractivity contribution is 6.05. The minimum Gasteiger partial charge on any atom is -0.370 e. The van der Waals surface area contributed by atoms with Gasteiger partial charge < -0.3 is 27.8 Å². The van der Waals surface area contributed by atoms with E-state index in [1.54, 1.807) is 24.3 Å². The lowest BCUT2D eigenvalue weighted by Gasteiger charge is -2.09. The maximum atomic E-state index is 12.5. The van der Waals surface area contributed by atoms with Crippen LogP contribution in [0.2, 0.25) is 0 Å². The van der Waals surface area contributed by atoms with Crippen LogP contribution in [0.15, 0.2) is 88.8 Å². The first kappa shape index (κ1) is 19.4. The molecule has 0 radical (unpaired) electrons. The summed E-state index contributed by atoms with van der Waals surface area (Å²) in [7, 11) is 0. The van der Waals surface area contributed by atoms with Crippen LogP contribution in [-0.4, -0.2) is 17.8 Å². The smallest absolute Gasteiger partial charge is 0.255 e. The van der Waals surface area contributed by atoms with Crippen molar-refractivity contribution in [2.75, 3.05) is 10.6 Å². The number of amides is 1. The van der Waals surface area contributed by atoms with E-state index >= 15 is 0 Å². The molecule has 0 aromatic heterocycles. The van der Waals surface area contributed by atoms with Gasteiger partial charge in [-0.15, -0.1) is 0 Å². The van der Waals surface area contributed by atoms with Crippen LogP contribution in [-0.2, 0) is 0 Å². The highest BCUT2D eigenvalue weighted by atomic mass is 16.1. The van der Waals surface area contributed by atoms with E-state index in [9.17, 15) is 4.79 Å². The molecule has 3 rings (SSSR count). The Balaban J connectivity index is 1.67. The number of hydrogen-bond donors (Lipinski definition) is 5. The molecule has 0 aliphatic rings. The number of nitrogens with two attached hydrogens (primary N) is 3. The number of hydrogen-bond acceptors (Lipinski definition) is 3. The van der Waals surface area contributed by atoms with Crippen LogP contribution in [0.1, 0.15) is 10.4 Å². The summed E-state index contributed by atoms with van der Waals surface area (Å²) in [6, 6.07) is 23.9. The Hall–Kier alpha value is -4.33. The van der Waals surface area contributed by atoms with Gasteiger partial charge >= 0.3 is 0 Å². The fourth-order valence-corrected chi connectivity index (χ4v) is 2.53. The van der Waals surface area contributed by atoms with Crippen LogP contribution in [0.25, 0.3) is 0 Å². The first-order chi connectivity index (χ1) is 14.0. The van der Waals surface area contributed by atoms with Gasteiger partial charge in [-0.05, 0) is 54.6 Å². The second-order valence-electron chi connectivity index (χ2n) is 6.08. The minimum absolute atomic E-state index is 0.0935. The maximum Gasteiger partial charge on any atom is 0.255 e. The number of guanidine groups is 2. The first-order valence-corrected chi connectivity index (χ1v) is 8.77. The number of para-hydroxylation sites is 1. The summed E-state index contributed by atoms with van der Waals surface area (Å²) in [5.74, 6) is -0.555. The summed E-state index contributed by atoms with van der Waals surface area (Å²) in [4.78, 5) is 20.2. The van der Waals surface area contributed by atoms with Crippen molar-refractivity contribution in [1.82, 2.24) is 0 Å². The van der Waals surface area contributed by atoms with E-state index in [2.05, 4.69) is 20.6 Å². The van der Waals surface area contributed by atoms with Crippen molar-refractivity contribution in [2.24, 2.45) is 27.2 Å². The molecule has 0 fully saturated rings. The van der Waals surface area contributed by atoms with E-state index in [-0.39, 0.29) is 17.8 Å². The van der Waals surface area contributed by atoms with E-state index in [0.29, 0.717) is 16.9 Å². The van der Waals surface area contributed by atoms with E-state index < -0.39 is 0 Å². The molecule has 0 atom stereocenters. The van der Waals surface area contributed by atoms with Gasteiger partial charge in [0.25, 0.3) is 5.91 Å². The lowest BCUT2D eigenvalue weighted by molar-refractivity contribution is 0.102. The first-order valence-electron chi connectivity index (χ1n) is 8.77. The van der Waals surface area contributed by atoms with Crippen LogP contribution in [0.4, 0.5) is 22.7 Å². The van der Waals surface area contributed by atoms with E-state index in [4.69, 9.17) is 17.2 Å². The third-order valence-corrected chi connectivity index (χ3v) is 3.80. The van der Waals surface area contributed by atoms with E-state index in [0.717, 1.165) is 11.4 Å². The second-order valence-corrected chi connectivity index (χ2v) is 6.08. The average Bonchev–Trinajstić information content (AvgIpc) is 2.70. The van der Waals surface area contributed by atoms with Crippen LogP contribution in [0, 0.1) is 0 Å². The molecular formula is C21H21N7O. The summed E-state index contributed by atoms with van der Waals surface area (Å²) in [6.45, 7) is 0. The number of carbonyl (C=O) groups is 1. The molecule has 3 aromatic carbocycles. The fraction of sp³-hybridized carbons (Fsp3) is 0. The Bertz CT molecular complexity index is 1040. The van der Waals surface area contributed by atoms with Gasteiger partial charge in [0.1, 0.15) is 0 Å². The van der Waals surface area contributed by atoms with Crippen molar-refractivity contribution in [1.29, 1.82) is 0 Å². The summed E-state index contributed by atoms with van der Waals surface area (Å²) in [5, 5.41) is 6.14. The Morgan fingerprint density at radius 2 is 1.41 bits per heavy atom. The molecule has 0 bridgehead atoms. The molecule has 146 valence electrons. The Labute approximate surface area is 168 Å². The number of rotatable bonds is 5. The zero-order valence-electron chi connectivity index (χ0n) is 15.5. The largest absolute Gasteiger partial charge is 0.370 e. The van der Waals surface area contributed by atoms with Crippen molar-refractivity contribution in [3.63, 3.8) is 0 Å². The number of nitrogens with one attached hydrogen (secondary N) is 2. The Morgan fingerprint density at radius 3 is 2.10 bits per heavy atom. The van der Waals surface area contributed by atoms with Gasteiger partial charge in [0.2, 0.25) is 5.96 Å². The summed E-state index contributed by atoms with van der Waals surface area (Å²) < 4.78 is 0. The minimum atomic E-state index is -0.272. The molecule has 0 aliphatic heterocycles. The molecule has 1 amide bonds. The fourth-order valence-electron chi connectivity index (χ4n) is 2.53. The van der Waals surface area contributed by atoms with Gasteiger partial charge in [-0.2, -0.15) is 4.99 Å². The van der Waals surface area contributed by atoms with Gasteiger partial charge in [-0.3, -0.25) is 4.79 Å². The molecule has 8 N–H and O–H groups in total. The molecule has 0 heterocycles. The molecule has 8 heteroatoms. The second kappa shape index (κ2) is 9.05. The average molecular weight is 387 g/mol. The normalized spacial score (nSPS) is 10.8. The zero-order chi connectivity index (χ0) is 20.6. The van der Waals surface area contributed by atoms with Crippen molar-refractivity contribution in [3.8, 4) is 0 Å². The van der Waals surface area contributed by atoms with Crippen molar-refractivity contribution < 1.29 is 4.79 Å². The summed E-state index contributed by atoms with van der Waals surface area (Å²) in [5.41, 5.74) is 19.6. The molecule has 0 saturated heterocycles. The van der Waals surface area contributed by atoms with Gasteiger partial charge in [0, 0.05) is 22.6 Å². The van der Waals surface area contributed by atoms with Crippen molar-refractivity contribution >= 4 is 40.6 Å². The van der Waals surface area contributed by atoms with Crippen LogP contribution in [0.5, 0.6) is 0 Å². The van der Waals surface area contributed by atoms with Gasteiger partial charge in [-0.25, -0.2) is 4.99 Å². The molecule has 29 heavy (non-hydrogen) atoms. The van der Waals surface area contributed by atoms with E-state index in [1.165, 1.54) is 0 Å². The number of benzene rings is 3. The summed E-state index contributed by atoms with van der Waals surface area (Å²) in [6.07, 6.45) is 0. The standard InChI is InChI=1S/C21H21N7O/c22-20(23)28-21(24)27-18-8-4-5-14(13-18)19(29)26-17-11-9-16(10-12-17)25-15-6-2-1-3-7-15/h1-13,25H,(H,26,29)(H6,22,23,24,27,28). The third-order valence-electron chi connectivity index (χ3n) is 3.80. The topological polar surface area (TPSA) is 144 Å². The maximum absolute atomic E-state index is 12.5. The van der Waals surface area contributed by atoms with Gasteiger partial charge in [-0.1, -0.05) is 24.3 Å². The Kier molecular flexibility index (Phi) is 6.06. The zero-order valence-corrected chi connectivity index (χ0v) is 15.5. The van der Waals surface area contributed by atoms with E-state index in [1.807, 2.05) is 54.6 Å². The predicted molar refractivity (Wildman–Crippen MR) is 118 cm³/mol. The number of nitrogens with zero attached hydrogens (tertiary/aromatic N) is 2. The molecule has 0 aliphatic carbocycles. The van der Waals surface area contributed by atoms with Crippen LogP contribution < -0.4 is 27.8 Å². The monoisotopic (exact) mass is 387 g/mol. The van der Waals surface area contributed by atoms with Crippen molar-refractivity contribution in [3.05, 3.63) is 84.4 Å². The highest BCUT2D eigenvalue weighted by Gasteiger charge is 2.07. The SMILES string of the molecule is NC(N)=NC(N)=Nc1cccc(C(=O)Nc2ccc(Nc3ccccc3)cc2)c1. The molecule has 8 nitrogen and oxygen atoms in total. The molecule has 0 unspecified atom stereocenters. The van der Waals surface area contributed by atoms with Crippen molar-refractivity contribution in [2.45, 2.75) is 0 Å². The number of carbonyl (C=O) groups excluding carboxylic acids is 1. The lowest BCUT2D eigenvalue weighted by atomic mass is 10.2.